The highest BCUT2D eigenvalue weighted by molar-refractivity contribution is 9.10. The van der Waals surface area contributed by atoms with Crippen molar-refractivity contribution in [2.45, 2.75) is 4.90 Å². The molecule has 3 aromatic carbocycles. The van der Waals surface area contributed by atoms with Gasteiger partial charge in [0, 0.05) is 4.47 Å². The molecule has 3 rings (SSSR count). The zero-order valence-electron chi connectivity index (χ0n) is 15.3. The summed E-state index contributed by atoms with van der Waals surface area (Å²) in [6.45, 7) is 0. The third kappa shape index (κ3) is 4.29. The van der Waals surface area contributed by atoms with Crippen LogP contribution in [0.25, 0.3) is 0 Å². The van der Waals surface area contributed by atoms with Crippen LogP contribution in [-0.2, 0) is 10.0 Å². The zero-order valence-corrected chi connectivity index (χ0v) is 17.7. The average Bonchev–Trinajstić information content (AvgIpc) is 2.70. The Hall–Kier alpha value is -3.37. The number of para-hydroxylation sites is 3. The minimum Gasteiger partial charge on any atom is -0.478 e. The molecule has 0 unspecified atom stereocenters. The normalized spacial score (nSPS) is 11.0. The summed E-state index contributed by atoms with van der Waals surface area (Å²) in [4.78, 5) is 24.4. The summed E-state index contributed by atoms with van der Waals surface area (Å²) in [5.74, 6) is -1.38. The molecule has 0 radical (unpaired) electrons. The van der Waals surface area contributed by atoms with E-state index < -0.39 is 26.9 Å². The first-order chi connectivity index (χ1) is 14.2. The summed E-state index contributed by atoms with van der Waals surface area (Å²) in [5.41, 5.74) is 5.84. The van der Waals surface area contributed by atoms with Crippen molar-refractivity contribution in [1.29, 1.82) is 0 Å². The lowest BCUT2D eigenvalue weighted by Gasteiger charge is -2.24. The van der Waals surface area contributed by atoms with Crippen LogP contribution in [0.3, 0.4) is 0 Å². The van der Waals surface area contributed by atoms with Crippen molar-refractivity contribution in [2.24, 2.45) is 5.73 Å². The number of carboxylic acid groups (broad SMARTS) is 1. The van der Waals surface area contributed by atoms with Crippen molar-refractivity contribution in [3.63, 3.8) is 0 Å². The van der Waals surface area contributed by atoms with E-state index in [-0.39, 0.29) is 16.9 Å². The Morgan fingerprint density at radius 2 is 1.47 bits per heavy atom. The van der Waals surface area contributed by atoms with Crippen LogP contribution in [0.1, 0.15) is 10.4 Å². The third-order valence-electron chi connectivity index (χ3n) is 4.11. The smallest absolute Gasteiger partial charge is 0.337 e. The number of aromatic carboxylic acids is 1. The summed E-state index contributed by atoms with van der Waals surface area (Å²) in [5, 5.41) is 9.32. The Morgan fingerprint density at radius 3 is 2.10 bits per heavy atom. The Morgan fingerprint density at radius 1 is 0.900 bits per heavy atom. The fourth-order valence-corrected chi connectivity index (χ4v) is 4.57. The highest BCUT2D eigenvalue weighted by Gasteiger charge is 2.26. The molecule has 0 aliphatic carbocycles. The second-order valence-corrected chi connectivity index (χ2v) is 8.55. The Bertz CT molecular complexity index is 1230. The molecule has 8 nitrogen and oxygen atoms in total. The molecule has 154 valence electrons. The first-order valence-electron chi connectivity index (χ1n) is 8.50. The number of benzene rings is 3. The van der Waals surface area contributed by atoms with Crippen LogP contribution in [0.2, 0.25) is 0 Å². The van der Waals surface area contributed by atoms with E-state index in [2.05, 4.69) is 20.7 Å². The first kappa shape index (κ1) is 21.3. The minimum absolute atomic E-state index is 0.0484. The van der Waals surface area contributed by atoms with Gasteiger partial charge in [0.1, 0.15) is 4.90 Å². The summed E-state index contributed by atoms with van der Waals surface area (Å²) in [6, 6.07) is 17.4. The van der Waals surface area contributed by atoms with Gasteiger partial charge in [0.15, 0.2) is 0 Å². The lowest BCUT2D eigenvalue weighted by atomic mass is 10.2. The molecule has 0 aromatic heterocycles. The van der Waals surface area contributed by atoms with Gasteiger partial charge in [-0.25, -0.2) is 18.0 Å². The average molecular weight is 490 g/mol. The van der Waals surface area contributed by atoms with Crippen molar-refractivity contribution >= 4 is 55.0 Å². The van der Waals surface area contributed by atoms with Crippen LogP contribution in [-0.4, -0.2) is 25.5 Å². The van der Waals surface area contributed by atoms with E-state index in [9.17, 15) is 23.1 Å². The standard InChI is InChI=1S/C20H16BrN3O5S/c21-14-8-2-4-10-16(14)24(20(22)27)17-11-5-3-9-15(17)23-30(28,29)18-12-6-1-7-13(18)19(25)26/h1-12,23H,(H2,22,27)(H,25,26). The van der Waals surface area contributed by atoms with Crippen LogP contribution in [0, 0.1) is 0 Å². The molecule has 0 aliphatic rings. The molecule has 2 amide bonds. The highest BCUT2D eigenvalue weighted by Crippen LogP contribution is 2.37. The van der Waals surface area contributed by atoms with Gasteiger partial charge in [-0.1, -0.05) is 36.4 Å². The van der Waals surface area contributed by atoms with Gasteiger partial charge in [0.05, 0.1) is 22.6 Å². The van der Waals surface area contributed by atoms with E-state index >= 15 is 0 Å². The molecule has 3 aromatic rings. The van der Waals surface area contributed by atoms with Gasteiger partial charge in [-0.15, -0.1) is 0 Å². The van der Waals surface area contributed by atoms with Crippen LogP contribution >= 0.6 is 15.9 Å². The van der Waals surface area contributed by atoms with Gasteiger partial charge in [-0.2, -0.15) is 0 Å². The monoisotopic (exact) mass is 489 g/mol. The third-order valence-corrected chi connectivity index (χ3v) is 6.20. The number of sulfonamides is 1. The zero-order chi connectivity index (χ0) is 21.9. The SMILES string of the molecule is NC(=O)N(c1ccccc1Br)c1ccccc1NS(=O)(=O)c1ccccc1C(=O)O. The molecule has 0 aliphatic heterocycles. The number of hydrogen-bond donors (Lipinski definition) is 3. The van der Waals surface area contributed by atoms with E-state index in [1.807, 2.05) is 0 Å². The second kappa shape index (κ2) is 8.56. The number of nitrogens with zero attached hydrogens (tertiary/aromatic N) is 1. The number of rotatable bonds is 6. The highest BCUT2D eigenvalue weighted by atomic mass is 79.9. The maximum Gasteiger partial charge on any atom is 0.337 e. The summed E-state index contributed by atoms with van der Waals surface area (Å²) >= 11 is 3.36. The van der Waals surface area contributed by atoms with Gasteiger partial charge in [-0.3, -0.25) is 9.62 Å². The quantitative estimate of drug-likeness (QED) is 0.478. The number of nitrogens with one attached hydrogen (secondary N) is 1. The molecule has 4 N–H and O–H groups in total. The Kier molecular flexibility index (Phi) is 6.09. The second-order valence-electron chi connectivity index (χ2n) is 6.05. The topological polar surface area (TPSA) is 130 Å². The molecule has 0 saturated carbocycles. The number of carbonyl (C=O) groups excluding carboxylic acids is 1. The number of carboxylic acids is 1. The largest absolute Gasteiger partial charge is 0.478 e. The van der Waals surface area contributed by atoms with Gasteiger partial charge in [-0.05, 0) is 52.3 Å². The van der Waals surface area contributed by atoms with Gasteiger partial charge < -0.3 is 10.8 Å². The predicted molar refractivity (Wildman–Crippen MR) is 117 cm³/mol. The molecule has 0 bridgehead atoms. The van der Waals surface area contributed by atoms with E-state index in [0.29, 0.717) is 10.2 Å². The molecule has 10 heteroatoms. The molecule has 0 heterocycles. The number of nitrogens with two attached hydrogens (primary N) is 1. The van der Waals surface area contributed by atoms with Crippen LogP contribution in [0.5, 0.6) is 0 Å². The molecule has 0 fully saturated rings. The van der Waals surface area contributed by atoms with Crippen molar-refractivity contribution in [1.82, 2.24) is 0 Å². The number of amides is 2. The lowest BCUT2D eigenvalue weighted by molar-refractivity contribution is 0.0692. The molecular weight excluding hydrogens is 474 g/mol. The number of carbonyl (C=O) groups is 2. The number of urea groups is 1. The Labute approximate surface area is 181 Å². The first-order valence-corrected chi connectivity index (χ1v) is 10.8. The van der Waals surface area contributed by atoms with E-state index in [0.717, 1.165) is 4.90 Å². The van der Waals surface area contributed by atoms with E-state index in [1.54, 1.807) is 36.4 Å². The number of primary amides is 1. The summed E-state index contributed by atoms with van der Waals surface area (Å²) in [6.07, 6.45) is 0. The fraction of sp³-hybridized carbons (Fsp3) is 0. The number of anilines is 3. The van der Waals surface area contributed by atoms with Crippen molar-refractivity contribution in [3.05, 3.63) is 82.8 Å². The summed E-state index contributed by atoms with van der Waals surface area (Å²) in [7, 11) is -4.28. The minimum atomic E-state index is -4.28. The van der Waals surface area contributed by atoms with Crippen molar-refractivity contribution < 1.29 is 23.1 Å². The van der Waals surface area contributed by atoms with Crippen molar-refractivity contribution in [2.75, 3.05) is 9.62 Å². The number of hydrogen-bond acceptors (Lipinski definition) is 4. The molecule has 0 atom stereocenters. The van der Waals surface area contributed by atoms with Crippen LogP contribution in [0.4, 0.5) is 21.9 Å². The Balaban J connectivity index is 2.11. The molecule has 0 saturated heterocycles. The summed E-state index contributed by atoms with van der Waals surface area (Å²) < 4.78 is 28.8. The van der Waals surface area contributed by atoms with E-state index in [1.165, 1.54) is 36.4 Å². The maximum absolute atomic E-state index is 13.0. The maximum atomic E-state index is 13.0. The molecular formula is C20H16BrN3O5S. The van der Waals surface area contributed by atoms with Gasteiger partial charge in [0.2, 0.25) is 0 Å². The fourth-order valence-electron chi connectivity index (χ4n) is 2.83. The lowest BCUT2D eigenvalue weighted by Crippen LogP contribution is -2.32. The van der Waals surface area contributed by atoms with Crippen LogP contribution < -0.4 is 15.4 Å². The molecule has 0 spiro atoms. The van der Waals surface area contributed by atoms with Crippen molar-refractivity contribution in [3.8, 4) is 0 Å². The molecule has 30 heavy (non-hydrogen) atoms. The predicted octanol–water partition coefficient (Wildman–Crippen LogP) is 4.16. The van der Waals surface area contributed by atoms with E-state index in [4.69, 9.17) is 5.73 Å². The number of halogens is 1. The van der Waals surface area contributed by atoms with Crippen LogP contribution in [0.15, 0.2) is 82.2 Å². The van der Waals surface area contributed by atoms with Gasteiger partial charge >= 0.3 is 12.0 Å². The van der Waals surface area contributed by atoms with Gasteiger partial charge in [0.25, 0.3) is 10.0 Å².